The monoisotopic (exact) mass is 419 g/mol. The number of halogens is 1. The van der Waals surface area contributed by atoms with Crippen molar-refractivity contribution in [3.8, 4) is 0 Å². The summed E-state index contributed by atoms with van der Waals surface area (Å²) in [6.45, 7) is 5.52. The summed E-state index contributed by atoms with van der Waals surface area (Å²) >= 11 is 0. The fourth-order valence-electron chi connectivity index (χ4n) is 3.15. The average molecular weight is 420 g/mol. The number of nitrogens with zero attached hydrogens (tertiary/aromatic N) is 2. The second-order valence-corrected chi connectivity index (χ2v) is 6.68. The number of carbonyl (C=O) groups is 1. The van der Waals surface area contributed by atoms with Gasteiger partial charge in [-0.15, -0.1) is 12.4 Å². The Labute approximate surface area is 176 Å². The van der Waals surface area contributed by atoms with Crippen molar-refractivity contribution < 1.29 is 9.72 Å². The SMILES string of the molecule is Cl.O=C(NCCCN1CCNCC1)c1ccc(Nc2ccccc2)c([N+](=O)[O-])c1. The van der Waals surface area contributed by atoms with Crippen LogP contribution >= 0.6 is 12.4 Å². The number of rotatable bonds is 8. The lowest BCUT2D eigenvalue weighted by Gasteiger charge is -2.27. The molecular formula is C20H26ClN5O3. The van der Waals surface area contributed by atoms with Crippen LogP contribution < -0.4 is 16.0 Å². The van der Waals surface area contributed by atoms with Gasteiger partial charge in [-0.25, -0.2) is 0 Å². The summed E-state index contributed by atoms with van der Waals surface area (Å²) < 4.78 is 0. The molecule has 1 saturated heterocycles. The van der Waals surface area contributed by atoms with Gasteiger partial charge in [-0.05, 0) is 37.2 Å². The number of nitro benzene ring substituents is 1. The topological polar surface area (TPSA) is 99.5 Å². The van der Waals surface area contributed by atoms with E-state index in [2.05, 4.69) is 20.9 Å². The zero-order valence-corrected chi connectivity index (χ0v) is 16.9. The van der Waals surface area contributed by atoms with E-state index in [9.17, 15) is 14.9 Å². The van der Waals surface area contributed by atoms with E-state index in [1.165, 1.54) is 6.07 Å². The van der Waals surface area contributed by atoms with Crippen molar-refractivity contribution in [2.24, 2.45) is 0 Å². The Morgan fingerprint density at radius 3 is 2.55 bits per heavy atom. The van der Waals surface area contributed by atoms with Gasteiger partial charge in [0.15, 0.2) is 0 Å². The van der Waals surface area contributed by atoms with Gasteiger partial charge in [0.1, 0.15) is 5.69 Å². The third kappa shape index (κ3) is 6.70. The zero-order valence-electron chi connectivity index (χ0n) is 16.1. The predicted molar refractivity (Wildman–Crippen MR) is 116 cm³/mol. The molecule has 1 fully saturated rings. The van der Waals surface area contributed by atoms with Crippen LogP contribution in [0.2, 0.25) is 0 Å². The lowest BCUT2D eigenvalue weighted by atomic mass is 10.1. The number of hydrogen-bond acceptors (Lipinski definition) is 6. The highest BCUT2D eigenvalue weighted by Crippen LogP contribution is 2.28. The third-order valence-corrected chi connectivity index (χ3v) is 4.66. The van der Waals surface area contributed by atoms with E-state index >= 15 is 0 Å². The molecule has 1 amide bonds. The van der Waals surface area contributed by atoms with Gasteiger partial charge < -0.3 is 20.9 Å². The third-order valence-electron chi connectivity index (χ3n) is 4.66. The molecule has 0 atom stereocenters. The highest BCUT2D eigenvalue weighted by molar-refractivity contribution is 5.95. The molecule has 2 aromatic carbocycles. The molecule has 0 radical (unpaired) electrons. The van der Waals surface area contributed by atoms with Crippen LogP contribution in [0, 0.1) is 10.1 Å². The summed E-state index contributed by atoms with van der Waals surface area (Å²) in [6.07, 6.45) is 0.849. The van der Waals surface area contributed by atoms with E-state index in [0.29, 0.717) is 12.2 Å². The molecule has 156 valence electrons. The lowest BCUT2D eigenvalue weighted by Crippen LogP contribution is -2.44. The first-order chi connectivity index (χ1) is 13.6. The largest absolute Gasteiger partial charge is 0.352 e. The van der Waals surface area contributed by atoms with Crippen LogP contribution in [-0.2, 0) is 0 Å². The Morgan fingerprint density at radius 1 is 1.14 bits per heavy atom. The molecular weight excluding hydrogens is 394 g/mol. The van der Waals surface area contributed by atoms with E-state index < -0.39 is 4.92 Å². The Bertz CT molecular complexity index is 813. The summed E-state index contributed by atoms with van der Waals surface area (Å²) in [7, 11) is 0. The summed E-state index contributed by atoms with van der Waals surface area (Å²) in [4.78, 5) is 25.7. The molecule has 1 heterocycles. The van der Waals surface area contributed by atoms with Crippen LogP contribution in [-0.4, -0.2) is 55.0 Å². The van der Waals surface area contributed by atoms with Gasteiger partial charge in [0.25, 0.3) is 11.6 Å². The minimum Gasteiger partial charge on any atom is -0.352 e. The number of anilines is 2. The molecule has 0 bridgehead atoms. The van der Waals surface area contributed by atoms with Gasteiger partial charge in [0.2, 0.25) is 0 Å². The van der Waals surface area contributed by atoms with Gasteiger partial charge in [0, 0.05) is 50.0 Å². The minimum atomic E-state index is -0.480. The summed E-state index contributed by atoms with van der Waals surface area (Å²) in [5.41, 5.74) is 1.26. The van der Waals surface area contributed by atoms with Crippen molar-refractivity contribution in [1.82, 2.24) is 15.5 Å². The molecule has 1 aliphatic heterocycles. The maximum atomic E-state index is 12.4. The molecule has 8 nitrogen and oxygen atoms in total. The number of amides is 1. The second kappa shape index (κ2) is 11.4. The van der Waals surface area contributed by atoms with E-state index in [1.807, 2.05) is 30.3 Å². The quantitative estimate of drug-likeness (QED) is 0.345. The Balaban J connectivity index is 0.00000300. The standard InChI is InChI=1S/C20H25N5O3.ClH/c26-20(22-9-4-12-24-13-10-21-11-14-24)16-7-8-18(19(15-16)25(27)28)23-17-5-2-1-3-6-17;/h1-3,5-8,15,21,23H,4,9-14H2,(H,22,26);1H. The molecule has 0 spiro atoms. The van der Waals surface area contributed by atoms with E-state index in [4.69, 9.17) is 0 Å². The van der Waals surface area contributed by atoms with Gasteiger partial charge in [-0.1, -0.05) is 18.2 Å². The molecule has 9 heteroatoms. The van der Waals surface area contributed by atoms with Gasteiger partial charge in [-0.3, -0.25) is 14.9 Å². The minimum absolute atomic E-state index is 0. The molecule has 29 heavy (non-hydrogen) atoms. The van der Waals surface area contributed by atoms with Crippen molar-refractivity contribution >= 4 is 35.4 Å². The smallest absolute Gasteiger partial charge is 0.293 e. The average Bonchev–Trinajstić information content (AvgIpc) is 2.72. The normalized spacial score (nSPS) is 13.9. The van der Waals surface area contributed by atoms with Crippen molar-refractivity contribution in [3.63, 3.8) is 0 Å². The van der Waals surface area contributed by atoms with Crippen molar-refractivity contribution in [2.45, 2.75) is 6.42 Å². The van der Waals surface area contributed by atoms with Crippen LogP contribution in [0.3, 0.4) is 0 Å². The summed E-state index contributed by atoms with van der Waals surface area (Å²) in [5, 5.41) is 20.6. The Kier molecular flexibility index (Phi) is 8.85. The molecule has 0 unspecified atom stereocenters. The number of para-hydroxylation sites is 1. The maximum Gasteiger partial charge on any atom is 0.293 e. The van der Waals surface area contributed by atoms with E-state index in [-0.39, 0.29) is 29.6 Å². The molecule has 0 saturated carbocycles. The fraction of sp³-hybridized carbons (Fsp3) is 0.350. The van der Waals surface area contributed by atoms with E-state index in [0.717, 1.165) is 44.8 Å². The number of benzene rings is 2. The highest BCUT2D eigenvalue weighted by atomic mass is 35.5. The molecule has 1 aliphatic rings. The Morgan fingerprint density at radius 2 is 1.86 bits per heavy atom. The Hall–Kier alpha value is -2.68. The lowest BCUT2D eigenvalue weighted by molar-refractivity contribution is -0.383. The van der Waals surface area contributed by atoms with Crippen LogP contribution in [0.4, 0.5) is 17.1 Å². The first-order valence-corrected chi connectivity index (χ1v) is 9.45. The van der Waals surface area contributed by atoms with Crippen LogP contribution in [0.1, 0.15) is 16.8 Å². The fourth-order valence-corrected chi connectivity index (χ4v) is 3.15. The van der Waals surface area contributed by atoms with Crippen LogP contribution in [0.25, 0.3) is 0 Å². The number of nitro groups is 1. The van der Waals surface area contributed by atoms with Crippen molar-refractivity contribution in [3.05, 3.63) is 64.2 Å². The summed E-state index contributed by atoms with van der Waals surface area (Å²) in [6, 6.07) is 13.7. The first kappa shape index (κ1) is 22.6. The number of nitrogens with one attached hydrogen (secondary N) is 3. The molecule has 0 aliphatic carbocycles. The van der Waals surface area contributed by atoms with Crippen molar-refractivity contribution in [2.75, 3.05) is 44.6 Å². The zero-order chi connectivity index (χ0) is 19.8. The highest BCUT2D eigenvalue weighted by Gasteiger charge is 2.18. The number of hydrogen-bond donors (Lipinski definition) is 3. The molecule has 3 N–H and O–H groups in total. The van der Waals surface area contributed by atoms with Gasteiger partial charge in [0.05, 0.1) is 4.92 Å². The molecule has 2 aromatic rings. The molecule has 0 aromatic heterocycles. The number of carbonyl (C=O) groups excluding carboxylic acids is 1. The van der Waals surface area contributed by atoms with Crippen molar-refractivity contribution in [1.29, 1.82) is 0 Å². The van der Waals surface area contributed by atoms with Crippen LogP contribution in [0.5, 0.6) is 0 Å². The van der Waals surface area contributed by atoms with Gasteiger partial charge >= 0.3 is 0 Å². The molecule has 3 rings (SSSR count). The summed E-state index contributed by atoms with van der Waals surface area (Å²) in [5.74, 6) is -0.297. The predicted octanol–water partition coefficient (Wildman–Crippen LogP) is 2.79. The van der Waals surface area contributed by atoms with Crippen LogP contribution in [0.15, 0.2) is 48.5 Å². The van der Waals surface area contributed by atoms with Gasteiger partial charge in [-0.2, -0.15) is 0 Å². The second-order valence-electron chi connectivity index (χ2n) is 6.68. The first-order valence-electron chi connectivity index (χ1n) is 9.45. The van der Waals surface area contributed by atoms with E-state index in [1.54, 1.807) is 12.1 Å². The maximum absolute atomic E-state index is 12.4. The number of piperazine rings is 1.